The molecular weight excluding hydrogens is 654 g/mol. The summed E-state index contributed by atoms with van der Waals surface area (Å²) in [7, 11) is -2.78. The number of nitrogens with one attached hydrogen (secondary N) is 1. The number of halogens is 1. The first kappa shape index (κ1) is 33.7. The quantitative estimate of drug-likeness (QED) is 0.173. The molecule has 236 valence electrons. The minimum absolute atomic E-state index is 0.0257. The summed E-state index contributed by atoms with van der Waals surface area (Å²) >= 11 is 3.50. The summed E-state index contributed by atoms with van der Waals surface area (Å²) < 4.78 is 35.7. The second-order valence-corrected chi connectivity index (χ2v) is 13.8. The van der Waals surface area contributed by atoms with Gasteiger partial charge in [-0.05, 0) is 53.4 Å². The first-order valence-corrected chi connectivity index (χ1v) is 16.9. The van der Waals surface area contributed by atoms with Gasteiger partial charge in [0.25, 0.3) is 10.0 Å². The average molecular weight is 693 g/mol. The standard InChI is InChI=1S/C35H38BrN3O5S/c1-26(2)23-37-35(41)32(22-27-13-6-4-7-14-27)38(24-28-15-12-16-29(36)21-28)34(40)25-39(31-19-10-11-20-33(31)44-3)45(42,43)30-17-8-5-9-18-30/h4-21,26,32H,22-25H2,1-3H3,(H,37,41). The summed E-state index contributed by atoms with van der Waals surface area (Å²) in [5.74, 6) is -0.372. The number of rotatable bonds is 14. The second-order valence-electron chi connectivity index (χ2n) is 11.0. The fourth-order valence-corrected chi connectivity index (χ4v) is 6.77. The molecule has 45 heavy (non-hydrogen) atoms. The molecule has 0 saturated heterocycles. The van der Waals surface area contributed by atoms with Crippen LogP contribution >= 0.6 is 15.9 Å². The zero-order chi connectivity index (χ0) is 32.4. The van der Waals surface area contributed by atoms with Crippen molar-refractivity contribution in [3.8, 4) is 5.75 Å². The molecule has 2 amide bonds. The molecule has 0 aliphatic carbocycles. The van der Waals surface area contributed by atoms with E-state index in [0.29, 0.717) is 12.3 Å². The molecule has 0 heterocycles. The van der Waals surface area contributed by atoms with Gasteiger partial charge >= 0.3 is 0 Å². The van der Waals surface area contributed by atoms with Gasteiger partial charge in [-0.2, -0.15) is 0 Å². The molecule has 10 heteroatoms. The Bertz CT molecular complexity index is 1680. The molecule has 4 aromatic rings. The van der Waals surface area contributed by atoms with Crippen molar-refractivity contribution in [2.24, 2.45) is 5.92 Å². The van der Waals surface area contributed by atoms with E-state index in [1.165, 1.54) is 24.1 Å². The molecule has 1 N–H and O–H groups in total. The number of hydrogen-bond donors (Lipinski definition) is 1. The number of carbonyl (C=O) groups is 2. The van der Waals surface area contributed by atoms with Crippen molar-refractivity contribution in [1.82, 2.24) is 10.2 Å². The highest BCUT2D eigenvalue weighted by Crippen LogP contribution is 2.32. The van der Waals surface area contributed by atoms with Gasteiger partial charge in [0, 0.05) is 24.0 Å². The number of hydrogen-bond acceptors (Lipinski definition) is 5. The Morgan fingerprint density at radius 1 is 0.844 bits per heavy atom. The number of benzene rings is 4. The molecule has 0 aliphatic rings. The van der Waals surface area contributed by atoms with E-state index in [4.69, 9.17) is 4.74 Å². The Kier molecular flexibility index (Phi) is 11.8. The van der Waals surface area contributed by atoms with Gasteiger partial charge in [0.05, 0.1) is 17.7 Å². The maximum Gasteiger partial charge on any atom is 0.264 e. The Balaban J connectivity index is 1.82. The summed E-state index contributed by atoms with van der Waals surface area (Å²) in [6, 6.07) is 30.6. The van der Waals surface area contributed by atoms with Crippen LogP contribution in [-0.4, -0.2) is 51.4 Å². The largest absolute Gasteiger partial charge is 0.495 e. The lowest BCUT2D eigenvalue weighted by atomic mass is 10.0. The van der Waals surface area contributed by atoms with Crippen LogP contribution in [0.4, 0.5) is 5.69 Å². The molecule has 1 atom stereocenters. The third kappa shape index (κ3) is 8.95. The summed E-state index contributed by atoms with van der Waals surface area (Å²) in [6.45, 7) is 3.94. The van der Waals surface area contributed by atoms with Crippen LogP contribution in [0.1, 0.15) is 25.0 Å². The highest BCUT2D eigenvalue weighted by molar-refractivity contribution is 9.10. The van der Waals surface area contributed by atoms with E-state index in [0.717, 1.165) is 19.9 Å². The molecule has 0 saturated carbocycles. The number of nitrogens with zero attached hydrogens (tertiary/aromatic N) is 2. The van der Waals surface area contributed by atoms with Gasteiger partial charge in [0.2, 0.25) is 11.8 Å². The first-order valence-electron chi connectivity index (χ1n) is 14.7. The zero-order valence-electron chi connectivity index (χ0n) is 25.6. The van der Waals surface area contributed by atoms with Crippen LogP contribution in [0.15, 0.2) is 119 Å². The van der Waals surface area contributed by atoms with Crippen LogP contribution in [0, 0.1) is 5.92 Å². The fourth-order valence-electron chi connectivity index (χ4n) is 4.88. The second kappa shape index (κ2) is 15.7. The lowest BCUT2D eigenvalue weighted by Gasteiger charge is -2.34. The number of sulfonamides is 1. The monoisotopic (exact) mass is 691 g/mol. The summed E-state index contributed by atoms with van der Waals surface area (Å²) in [5, 5.41) is 3.00. The van der Waals surface area contributed by atoms with Gasteiger partial charge in [0.15, 0.2) is 0 Å². The number of anilines is 1. The highest BCUT2D eigenvalue weighted by atomic mass is 79.9. The predicted molar refractivity (Wildman–Crippen MR) is 180 cm³/mol. The molecular formula is C35H38BrN3O5S. The molecule has 4 aromatic carbocycles. The molecule has 0 aliphatic heterocycles. The van der Waals surface area contributed by atoms with Crippen LogP contribution in [0.25, 0.3) is 0 Å². The topological polar surface area (TPSA) is 96.0 Å². The van der Waals surface area contributed by atoms with Gasteiger partial charge in [-0.1, -0.05) is 103 Å². The maximum absolute atomic E-state index is 14.6. The van der Waals surface area contributed by atoms with Crippen molar-refractivity contribution < 1.29 is 22.7 Å². The number of carbonyl (C=O) groups excluding carboxylic acids is 2. The SMILES string of the molecule is COc1ccccc1N(CC(=O)N(Cc1cccc(Br)c1)C(Cc1ccccc1)C(=O)NCC(C)C)S(=O)(=O)c1ccccc1. The minimum Gasteiger partial charge on any atom is -0.495 e. The van der Waals surface area contributed by atoms with Crippen molar-refractivity contribution in [2.75, 3.05) is 24.5 Å². The van der Waals surface area contributed by atoms with E-state index in [9.17, 15) is 18.0 Å². The third-order valence-electron chi connectivity index (χ3n) is 7.16. The molecule has 0 fully saturated rings. The van der Waals surface area contributed by atoms with Crippen LogP contribution in [-0.2, 0) is 32.6 Å². The van der Waals surface area contributed by atoms with Crippen LogP contribution in [0.2, 0.25) is 0 Å². The molecule has 1 unspecified atom stereocenters. The third-order valence-corrected chi connectivity index (χ3v) is 9.43. The number of ether oxygens (including phenoxy) is 1. The highest BCUT2D eigenvalue weighted by Gasteiger charge is 2.35. The molecule has 0 radical (unpaired) electrons. The van der Waals surface area contributed by atoms with Crippen molar-refractivity contribution in [1.29, 1.82) is 0 Å². The zero-order valence-corrected chi connectivity index (χ0v) is 28.0. The van der Waals surface area contributed by atoms with E-state index < -0.39 is 28.5 Å². The Morgan fingerprint density at radius 3 is 2.11 bits per heavy atom. The summed E-state index contributed by atoms with van der Waals surface area (Å²) in [4.78, 5) is 29.9. The first-order chi connectivity index (χ1) is 21.6. The molecule has 0 aromatic heterocycles. The minimum atomic E-state index is -4.22. The van der Waals surface area contributed by atoms with Crippen molar-refractivity contribution in [2.45, 2.75) is 37.8 Å². The number of methoxy groups -OCH3 is 1. The number of para-hydroxylation sites is 2. The predicted octanol–water partition coefficient (Wildman–Crippen LogP) is 6.07. The van der Waals surface area contributed by atoms with Gasteiger partial charge in [0.1, 0.15) is 18.3 Å². The van der Waals surface area contributed by atoms with Crippen LogP contribution in [0.3, 0.4) is 0 Å². The maximum atomic E-state index is 14.6. The smallest absolute Gasteiger partial charge is 0.264 e. The Hall–Kier alpha value is -4.15. The van der Waals surface area contributed by atoms with Gasteiger partial charge < -0.3 is 15.0 Å². The number of amides is 2. The van der Waals surface area contributed by atoms with Crippen molar-refractivity contribution in [3.63, 3.8) is 0 Å². The van der Waals surface area contributed by atoms with Gasteiger partial charge in [-0.25, -0.2) is 8.42 Å². The van der Waals surface area contributed by atoms with Gasteiger partial charge in [-0.15, -0.1) is 0 Å². The van der Waals surface area contributed by atoms with E-state index in [-0.39, 0.29) is 35.4 Å². The fraction of sp³-hybridized carbons (Fsp3) is 0.257. The Morgan fingerprint density at radius 2 is 1.47 bits per heavy atom. The van der Waals surface area contributed by atoms with E-state index in [1.54, 1.807) is 42.5 Å². The molecule has 8 nitrogen and oxygen atoms in total. The Labute approximate surface area is 274 Å². The molecule has 0 spiro atoms. The van der Waals surface area contributed by atoms with Crippen molar-refractivity contribution in [3.05, 3.63) is 125 Å². The molecule has 4 rings (SSSR count). The average Bonchev–Trinajstić information content (AvgIpc) is 3.04. The van der Waals surface area contributed by atoms with E-state index in [1.807, 2.05) is 68.4 Å². The van der Waals surface area contributed by atoms with Crippen LogP contribution < -0.4 is 14.4 Å². The van der Waals surface area contributed by atoms with E-state index >= 15 is 0 Å². The lowest BCUT2D eigenvalue weighted by molar-refractivity contribution is -0.140. The normalized spacial score (nSPS) is 11.9. The van der Waals surface area contributed by atoms with Gasteiger partial charge in [-0.3, -0.25) is 13.9 Å². The molecule has 0 bridgehead atoms. The van der Waals surface area contributed by atoms with E-state index in [2.05, 4.69) is 21.2 Å². The van der Waals surface area contributed by atoms with Crippen LogP contribution in [0.5, 0.6) is 5.75 Å². The van der Waals surface area contributed by atoms with Crippen molar-refractivity contribution >= 4 is 43.5 Å². The summed E-state index contributed by atoms with van der Waals surface area (Å²) in [6.07, 6.45) is 0.241. The summed E-state index contributed by atoms with van der Waals surface area (Å²) in [5.41, 5.74) is 1.86. The lowest BCUT2D eigenvalue weighted by Crippen LogP contribution is -2.53.